The fraction of sp³-hybridized carbons (Fsp3) is 0.278. The minimum Gasteiger partial charge on any atom is -0.385 e. The van der Waals surface area contributed by atoms with Gasteiger partial charge in [-0.05, 0) is 24.6 Å². The van der Waals surface area contributed by atoms with Crippen LogP contribution in [0.2, 0.25) is 0 Å². The van der Waals surface area contributed by atoms with E-state index in [1.807, 2.05) is 10.9 Å². The van der Waals surface area contributed by atoms with Gasteiger partial charge in [0, 0.05) is 43.5 Å². The van der Waals surface area contributed by atoms with Crippen molar-refractivity contribution in [3.05, 3.63) is 36.8 Å². The number of H-pyrrole nitrogens is 1. The number of methoxy groups -OCH3 is 1. The van der Waals surface area contributed by atoms with E-state index < -0.39 is 9.84 Å². The van der Waals surface area contributed by atoms with E-state index in [-0.39, 0.29) is 4.90 Å². The van der Waals surface area contributed by atoms with Gasteiger partial charge >= 0.3 is 0 Å². The average molecular weight is 400 g/mol. The molecule has 1 aromatic carbocycles. The van der Waals surface area contributed by atoms with E-state index in [1.54, 1.807) is 37.7 Å². The Hall–Kier alpha value is -2.98. The van der Waals surface area contributed by atoms with Gasteiger partial charge in [0.1, 0.15) is 5.52 Å². The number of sulfone groups is 1. The van der Waals surface area contributed by atoms with Crippen molar-refractivity contribution in [3.63, 3.8) is 0 Å². The predicted octanol–water partition coefficient (Wildman–Crippen LogP) is 2.49. The Labute approximate surface area is 161 Å². The van der Waals surface area contributed by atoms with Crippen molar-refractivity contribution in [2.45, 2.75) is 17.9 Å². The summed E-state index contributed by atoms with van der Waals surface area (Å²) in [7, 11) is -1.63. The number of benzene rings is 1. The fourth-order valence-electron chi connectivity index (χ4n) is 3.05. The van der Waals surface area contributed by atoms with Gasteiger partial charge in [0.15, 0.2) is 15.7 Å². The smallest absolute Gasteiger partial charge is 0.175 e. The summed E-state index contributed by atoms with van der Waals surface area (Å²) in [5.74, 6) is 0.601. The van der Waals surface area contributed by atoms with Crippen LogP contribution >= 0.6 is 0 Å². The minimum absolute atomic E-state index is 0.252. The zero-order chi connectivity index (χ0) is 19.7. The van der Waals surface area contributed by atoms with Crippen LogP contribution < -0.4 is 5.32 Å². The molecule has 4 aromatic rings. The molecular formula is C18H20N6O3S. The molecule has 0 bridgehead atoms. The molecule has 0 fully saturated rings. The minimum atomic E-state index is -3.31. The Morgan fingerprint density at radius 1 is 1.25 bits per heavy atom. The zero-order valence-electron chi connectivity index (χ0n) is 15.5. The van der Waals surface area contributed by atoms with E-state index in [4.69, 9.17) is 4.74 Å². The summed E-state index contributed by atoms with van der Waals surface area (Å²) >= 11 is 0. The third-order valence-corrected chi connectivity index (χ3v) is 5.54. The molecule has 0 radical (unpaired) electrons. The number of rotatable bonds is 7. The SMILES string of the molecule is COCCCn1cc(Nc2nc3ccc(S(C)(=O)=O)cc3c3cn[nH]c23)cn1. The number of pyridine rings is 1. The van der Waals surface area contributed by atoms with Crippen LogP contribution in [0, 0.1) is 0 Å². The van der Waals surface area contributed by atoms with Gasteiger partial charge in [-0.2, -0.15) is 10.2 Å². The van der Waals surface area contributed by atoms with Crippen LogP contribution in [0.4, 0.5) is 11.5 Å². The van der Waals surface area contributed by atoms with Crippen LogP contribution in [0.1, 0.15) is 6.42 Å². The number of fused-ring (bicyclic) bond motifs is 3. The molecule has 28 heavy (non-hydrogen) atoms. The summed E-state index contributed by atoms with van der Waals surface area (Å²) in [5.41, 5.74) is 2.18. The van der Waals surface area contributed by atoms with E-state index in [9.17, 15) is 8.42 Å². The van der Waals surface area contributed by atoms with Crippen LogP contribution in [0.25, 0.3) is 21.8 Å². The van der Waals surface area contributed by atoms with Gasteiger partial charge in [-0.3, -0.25) is 9.78 Å². The topological polar surface area (TPSA) is 115 Å². The molecule has 0 aliphatic rings. The molecule has 4 rings (SSSR count). The third kappa shape index (κ3) is 3.56. The number of hydrogen-bond donors (Lipinski definition) is 2. The number of nitrogens with zero attached hydrogens (tertiary/aromatic N) is 4. The van der Waals surface area contributed by atoms with E-state index in [2.05, 4.69) is 25.6 Å². The second-order valence-electron chi connectivity index (χ2n) is 6.53. The van der Waals surface area contributed by atoms with Gasteiger partial charge in [0.25, 0.3) is 0 Å². The standard InChI is InChI=1S/C18H20N6O3S/c1-27-7-3-6-24-11-12(9-20-24)21-18-17-15(10-19-23-17)14-8-13(28(2,25)26)4-5-16(14)22-18/h4-5,8-11H,3,6-7H2,1-2H3,(H,19,23)(H,21,22). The Morgan fingerprint density at radius 2 is 2.11 bits per heavy atom. The number of aryl methyl sites for hydroxylation is 1. The largest absolute Gasteiger partial charge is 0.385 e. The van der Waals surface area contributed by atoms with Crippen LogP contribution in [0.15, 0.2) is 41.7 Å². The van der Waals surface area contributed by atoms with Crippen molar-refractivity contribution in [1.82, 2.24) is 25.0 Å². The molecule has 0 atom stereocenters. The van der Waals surface area contributed by atoms with Gasteiger partial charge in [-0.15, -0.1) is 0 Å². The fourth-order valence-corrected chi connectivity index (χ4v) is 3.70. The van der Waals surface area contributed by atoms with Crippen LogP contribution in [-0.2, 0) is 21.1 Å². The van der Waals surface area contributed by atoms with Gasteiger partial charge < -0.3 is 10.1 Å². The van der Waals surface area contributed by atoms with Crippen molar-refractivity contribution in [1.29, 1.82) is 0 Å². The van der Waals surface area contributed by atoms with E-state index >= 15 is 0 Å². The molecule has 9 nitrogen and oxygen atoms in total. The summed E-state index contributed by atoms with van der Waals surface area (Å²) in [6, 6.07) is 4.90. The lowest BCUT2D eigenvalue weighted by Gasteiger charge is -2.08. The second kappa shape index (κ2) is 7.21. The molecule has 0 unspecified atom stereocenters. The number of ether oxygens (including phenoxy) is 1. The summed E-state index contributed by atoms with van der Waals surface area (Å²) in [6.45, 7) is 1.44. The first-order valence-electron chi connectivity index (χ1n) is 8.71. The molecule has 3 heterocycles. The number of hydrogen-bond acceptors (Lipinski definition) is 7. The zero-order valence-corrected chi connectivity index (χ0v) is 16.3. The molecule has 2 N–H and O–H groups in total. The highest BCUT2D eigenvalue weighted by Crippen LogP contribution is 2.30. The molecule has 10 heteroatoms. The van der Waals surface area contributed by atoms with Gasteiger partial charge in [0.05, 0.1) is 28.5 Å². The lowest BCUT2D eigenvalue weighted by atomic mass is 10.1. The maximum absolute atomic E-state index is 11.9. The molecule has 3 aromatic heterocycles. The molecule has 0 saturated heterocycles. The number of aromatic amines is 1. The van der Waals surface area contributed by atoms with Crippen LogP contribution in [0.5, 0.6) is 0 Å². The van der Waals surface area contributed by atoms with Crippen molar-refractivity contribution < 1.29 is 13.2 Å². The van der Waals surface area contributed by atoms with E-state index in [0.717, 1.165) is 29.4 Å². The van der Waals surface area contributed by atoms with Gasteiger partial charge in [0.2, 0.25) is 0 Å². The molecule has 0 amide bonds. The Morgan fingerprint density at radius 3 is 2.89 bits per heavy atom. The molecule has 0 aliphatic carbocycles. The average Bonchev–Trinajstić information content (AvgIpc) is 3.31. The summed E-state index contributed by atoms with van der Waals surface area (Å²) in [6.07, 6.45) is 7.36. The normalized spacial score (nSPS) is 12.1. The summed E-state index contributed by atoms with van der Waals surface area (Å²) in [5, 5.41) is 16.2. The summed E-state index contributed by atoms with van der Waals surface area (Å²) < 4.78 is 30.7. The predicted molar refractivity (Wildman–Crippen MR) is 107 cm³/mol. The first-order chi connectivity index (χ1) is 13.5. The first-order valence-corrected chi connectivity index (χ1v) is 10.6. The van der Waals surface area contributed by atoms with E-state index in [0.29, 0.717) is 23.5 Å². The highest BCUT2D eigenvalue weighted by molar-refractivity contribution is 7.90. The molecule has 0 aliphatic heterocycles. The second-order valence-corrected chi connectivity index (χ2v) is 8.55. The number of aromatic nitrogens is 5. The van der Waals surface area contributed by atoms with Crippen molar-refractivity contribution in [2.24, 2.45) is 0 Å². The van der Waals surface area contributed by atoms with Crippen molar-refractivity contribution >= 4 is 43.1 Å². The third-order valence-electron chi connectivity index (χ3n) is 4.43. The quantitative estimate of drug-likeness (QED) is 0.458. The maximum atomic E-state index is 11.9. The van der Waals surface area contributed by atoms with Crippen LogP contribution in [-0.4, -0.2) is 53.4 Å². The monoisotopic (exact) mass is 400 g/mol. The Bertz CT molecular complexity index is 1240. The molecule has 146 valence electrons. The molecular weight excluding hydrogens is 380 g/mol. The van der Waals surface area contributed by atoms with Crippen molar-refractivity contribution in [3.8, 4) is 0 Å². The maximum Gasteiger partial charge on any atom is 0.175 e. The summed E-state index contributed by atoms with van der Waals surface area (Å²) in [4.78, 5) is 4.90. The van der Waals surface area contributed by atoms with Gasteiger partial charge in [-0.1, -0.05) is 0 Å². The highest BCUT2D eigenvalue weighted by Gasteiger charge is 2.14. The number of nitrogens with one attached hydrogen (secondary N) is 2. The lowest BCUT2D eigenvalue weighted by Crippen LogP contribution is -2.01. The first kappa shape index (κ1) is 18.4. The molecule has 0 spiro atoms. The van der Waals surface area contributed by atoms with E-state index in [1.165, 1.54) is 6.26 Å². The van der Waals surface area contributed by atoms with Crippen LogP contribution in [0.3, 0.4) is 0 Å². The highest BCUT2D eigenvalue weighted by atomic mass is 32.2. The number of anilines is 2. The van der Waals surface area contributed by atoms with Crippen molar-refractivity contribution in [2.75, 3.05) is 25.3 Å². The Kier molecular flexibility index (Phi) is 4.73. The lowest BCUT2D eigenvalue weighted by molar-refractivity contribution is 0.189. The Balaban J connectivity index is 1.71. The molecule has 0 saturated carbocycles. The van der Waals surface area contributed by atoms with Gasteiger partial charge in [-0.25, -0.2) is 13.4 Å².